The number of para-hydroxylation sites is 1. The summed E-state index contributed by atoms with van der Waals surface area (Å²) in [6, 6.07) is 21.2. The first kappa shape index (κ1) is 21.6. The third-order valence-corrected chi connectivity index (χ3v) is 6.08. The number of nitrogens with zero attached hydrogens (tertiary/aromatic N) is 2. The quantitative estimate of drug-likeness (QED) is 0.180. The number of fused-ring (bicyclic) bond motifs is 4. The van der Waals surface area contributed by atoms with Gasteiger partial charge in [-0.1, -0.05) is 30.3 Å². The van der Waals surface area contributed by atoms with Crippen molar-refractivity contribution < 1.29 is 33.8 Å². The molecule has 0 atom stereocenters. The Hall–Kier alpha value is -2.67. The highest BCUT2D eigenvalue weighted by molar-refractivity contribution is 6.24. The molecule has 0 unspecified atom stereocenters. The van der Waals surface area contributed by atoms with Crippen molar-refractivity contribution in [2.45, 2.75) is 20.8 Å². The van der Waals surface area contributed by atoms with Crippen molar-refractivity contribution in [3.05, 3.63) is 66.0 Å². The van der Waals surface area contributed by atoms with Crippen LogP contribution in [-0.2, 0) is 18.9 Å². The fraction of sp³-hybridized carbons (Fsp3) is 0.231. The second kappa shape index (κ2) is 7.48. The molecule has 0 spiro atoms. The van der Waals surface area contributed by atoms with E-state index in [9.17, 15) is 4.79 Å². The predicted octanol–water partition coefficient (Wildman–Crippen LogP) is 0.534. The highest BCUT2D eigenvalue weighted by Crippen LogP contribution is 2.36. The minimum atomic E-state index is -0.440. The zero-order valence-electron chi connectivity index (χ0n) is 18.5. The van der Waals surface area contributed by atoms with Crippen LogP contribution >= 0.6 is 0 Å². The number of hydrogen-bond acceptors (Lipinski definition) is 1. The summed E-state index contributed by atoms with van der Waals surface area (Å²) in [5.74, 6) is 0.0147. The first-order valence-electron chi connectivity index (χ1n) is 10.3. The van der Waals surface area contributed by atoms with Crippen LogP contribution in [0.25, 0.3) is 43.6 Å². The van der Waals surface area contributed by atoms with Gasteiger partial charge in [-0.15, -0.1) is 0 Å². The van der Waals surface area contributed by atoms with Gasteiger partial charge in [-0.05, 0) is 44.4 Å². The molecule has 0 radical (unpaired) electrons. The molecule has 5 rings (SSSR count). The molecule has 3 aromatic carbocycles. The normalized spacial score (nSPS) is 12.7. The van der Waals surface area contributed by atoms with Crippen molar-refractivity contribution in [1.29, 1.82) is 0 Å². The van der Waals surface area contributed by atoms with Crippen LogP contribution in [0.3, 0.4) is 0 Å². The fourth-order valence-corrected chi connectivity index (χ4v) is 4.43. The number of pyridine rings is 2. The largest absolute Gasteiger partial charge is 1.00 e. The molecule has 2 aromatic heterocycles. The number of carbonyl (C=O) groups is 1. The summed E-state index contributed by atoms with van der Waals surface area (Å²) in [5.41, 5.74) is 4.28. The summed E-state index contributed by atoms with van der Waals surface area (Å²) in [7, 11) is 4.25. The standard InChI is InChI=1S/C26H25N3O.HI/c1-26(2,3)25(30)27-16-13-14-17-18-10-8-12-21-23(18)24(29(5)22(17)15-16)19-9-6-7-11-20(19)28(21)4;/h6-15H,1-5H3;1H. The Kier molecular flexibility index (Phi) is 5.20. The van der Waals surface area contributed by atoms with Crippen molar-refractivity contribution in [2.24, 2.45) is 19.5 Å². The molecule has 5 heteroatoms. The van der Waals surface area contributed by atoms with E-state index in [0.717, 1.165) is 10.9 Å². The van der Waals surface area contributed by atoms with Gasteiger partial charge in [0.1, 0.15) is 0 Å². The van der Waals surface area contributed by atoms with Crippen LogP contribution < -0.4 is 34.3 Å². The summed E-state index contributed by atoms with van der Waals surface area (Å²) >= 11 is 0. The Morgan fingerprint density at radius 2 is 1.45 bits per heavy atom. The Morgan fingerprint density at radius 3 is 2.19 bits per heavy atom. The van der Waals surface area contributed by atoms with Crippen LogP contribution in [0.4, 0.5) is 0 Å². The SMILES string of the molecule is Cn1c2ccccc2c2c3c(cccc31)c1ccc(=[NH+]C(=O)C(C)(C)C)cc1n2C.[I-]. The third kappa shape index (κ3) is 3.26. The van der Waals surface area contributed by atoms with Gasteiger partial charge in [-0.2, -0.15) is 4.99 Å². The maximum atomic E-state index is 12.5. The van der Waals surface area contributed by atoms with E-state index in [0.29, 0.717) is 0 Å². The van der Waals surface area contributed by atoms with Crippen molar-refractivity contribution in [2.75, 3.05) is 0 Å². The number of halogens is 1. The Labute approximate surface area is 198 Å². The van der Waals surface area contributed by atoms with E-state index < -0.39 is 5.41 Å². The molecule has 158 valence electrons. The molecule has 31 heavy (non-hydrogen) atoms. The van der Waals surface area contributed by atoms with Gasteiger partial charge in [0.15, 0.2) is 0 Å². The van der Waals surface area contributed by atoms with Crippen molar-refractivity contribution in [3.63, 3.8) is 0 Å². The number of aromatic nitrogens is 2. The molecule has 0 bridgehead atoms. The second-order valence-corrected chi connectivity index (χ2v) is 9.12. The second-order valence-electron chi connectivity index (χ2n) is 9.12. The van der Waals surface area contributed by atoms with Crippen LogP contribution in [0.1, 0.15) is 20.8 Å². The summed E-state index contributed by atoms with van der Waals surface area (Å²) in [4.78, 5) is 15.6. The van der Waals surface area contributed by atoms with E-state index in [1.165, 1.54) is 38.1 Å². The Morgan fingerprint density at radius 1 is 0.774 bits per heavy atom. The van der Waals surface area contributed by atoms with Crippen molar-refractivity contribution >= 4 is 49.5 Å². The molecule has 0 aliphatic heterocycles. The minimum Gasteiger partial charge on any atom is -1.00 e. The van der Waals surface area contributed by atoms with Gasteiger partial charge in [0.25, 0.3) is 0 Å². The highest BCUT2D eigenvalue weighted by Gasteiger charge is 2.26. The molecule has 2 heterocycles. The maximum absolute atomic E-state index is 12.5. The third-order valence-electron chi connectivity index (χ3n) is 6.08. The highest BCUT2D eigenvalue weighted by atomic mass is 127. The van der Waals surface area contributed by atoms with Crippen LogP contribution in [0.15, 0.2) is 60.7 Å². The molecule has 5 aromatic rings. The number of amides is 1. The smallest absolute Gasteiger partial charge is 0.391 e. The number of carbonyl (C=O) groups excluding carboxylic acids is 1. The van der Waals surface area contributed by atoms with E-state index in [1.54, 1.807) is 0 Å². The lowest BCUT2D eigenvalue weighted by atomic mass is 9.96. The Bertz CT molecular complexity index is 1570. The zero-order valence-corrected chi connectivity index (χ0v) is 20.6. The first-order valence-corrected chi connectivity index (χ1v) is 10.3. The van der Waals surface area contributed by atoms with Crippen LogP contribution in [0.2, 0.25) is 0 Å². The van der Waals surface area contributed by atoms with Crippen LogP contribution in [0, 0.1) is 5.41 Å². The van der Waals surface area contributed by atoms with Gasteiger partial charge < -0.3 is 33.1 Å². The molecular weight excluding hydrogens is 497 g/mol. The average Bonchev–Trinajstić information content (AvgIpc) is 2.72. The van der Waals surface area contributed by atoms with Crippen LogP contribution in [-0.4, -0.2) is 15.0 Å². The molecule has 0 fully saturated rings. The summed E-state index contributed by atoms with van der Waals surface area (Å²) < 4.78 is 4.54. The zero-order chi connectivity index (χ0) is 21.2. The van der Waals surface area contributed by atoms with Gasteiger partial charge >= 0.3 is 5.91 Å². The molecule has 1 amide bonds. The van der Waals surface area contributed by atoms with Gasteiger partial charge in [-0.25, -0.2) is 4.79 Å². The van der Waals surface area contributed by atoms with E-state index in [1.807, 2.05) is 26.8 Å². The van der Waals surface area contributed by atoms with Crippen molar-refractivity contribution in [3.8, 4) is 0 Å². The lowest BCUT2D eigenvalue weighted by Crippen LogP contribution is -3.00. The molecule has 4 nitrogen and oxygen atoms in total. The topological polar surface area (TPSA) is 40.9 Å². The first-order chi connectivity index (χ1) is 14.3. The lowest BCUT2D eigenvalue weighted by Gasteiger charge is -2.20. The summed E-state index contributed by atoms with van der Waals surface area (Å²) in [6.45, 7) is 5.78. The van der Waals surface area contributed by atoms with Crippen molar-refractivity contribution in [1.82, 2.24) is 9.13 Å². The van der Waals surface area contributed by atoms with E-state index >= 15 is 0 Å². The molecule has 0 saturated carbocycles. The molecule has 0 aliphatic rings. The van der Waals surface area contributed by atoms with E-state index in [4.69, 9.17) is 0 Å². The number of hydrogen-bond donors (Lipinski definition) is 1. The number of benzene rings is 3. The molecular formula is C26H26IN3O. The average molecular weight is 523 g/mol. The van der Waals surface area contributed by atoms with Gasteiger partial charge in [-0.3, -0.25) is 0 Å². The molecule has 1 N–H and O–H groups in total. The number of rotatable bonds is 0. The molecule has 0 aliphatic carbocycles. The molecule has 0 saturated heterocycles. The van der Waals surface area contributed by atoms with Gasteiger partial charge in [0, 0.05) is 42.4 Å². The fourth-order valence-electron chi connectivity index (χ4n) is 4.43. The van der Waals surface area contributed by atoms with Gasteiger partial charge in [0.05, 0.1) is 27.5 Å². The maximum Gasteiger partial charge on any atom is 0.391 e. The summed E-state index contributed by atoms with van der Waals surface area (Å²) in [5, 5.41) is 5.71. The number of nitrogens with one attached hydrogen (secondary N) is 1. The van der Waals surface area contributed by atoms with Gasteiger partial charge in [0.2, 0.25) is 5.36 Å². The lowest BCUT2D eigenvalue weighted by molar-refractivity contribution is -0.425. The predicted molar refractivity (Wildman–Crippen MR) is 123 cm³/mol. The monoisotopic (exact) mass is 523 g/mol. The summed E-state index contributed by atoms with van der Waals surface area (Å²) in [6.07, 6.45) is 0. The Balaban J connectivity index is 0.00000231. The number of aryl methyl sites for hydroxylation is 2. The van der Waals surface area contributed by atoms with E-state index in [2.05, 4.69) is 82.8 Å². The minimum absolute atomic E-state index is 0. The van der Waals surface area contributed by atoms with Crippen LogP contribution in [0.5, 0.6) is 0 Å². The van der Waals surface area contributed by atoms with E-state index in [-0.39, 0.29) is 29.9 Å².